The highest BCUT2D eigenvalue weighted by Crippen LogP contribution is 2.31. The van der Waals surface area contributed by atoms with Crippen LogP contribution in [0.25, 0.3) is 0 Å². The summed E-state index contributed by atoms with van der Waals surface area (Å²) in [6, 6.07) is 5.72. The van der Waals surface area contributed by atoms with Crippen molar-refractivity contribution in [1.82, 2.24) is 14.7 Å². The second-order valence-electron chi connectivity index (χ2n) is 5.95. The van der Waals surface area contributed by atoms with Crippen LogP contribution in [0, 0.1) is 6.92 Å². The standard InChI is InChI=1S/C17H21N3O4/c1-12-8-19(2)18-14(12)10-20(11-17(21)22)9-13-3-4-15-16(7-13)24-6-5-23-15/h3-4,7-8H,5-6,9-11H2,1-2H3,(H,21,22). The third-order valence-corrected chi connectivity index (χ3v) is 3.86. The molecule has 0 bridgehead atoms. The molecule has 0 saturated heterocycles. The Morgan fingerprint density at radius 1 is 1.29 bits per heavy atom. The lowest BCUT2D eigenvalue weighted by atomic mass is 10.1. The number of nitrogens with zero attached hydrogens (tertiary/aromatic N) is 3. The number of carbonyl (C=O) groups is 1. The predicted molar refractivity (Wildman–Crippen MR) is 87.1 cm³/mol. The molecule has 2 aromatic rings. The highest BCUT2D eigenvalue weighted by atomic mass is 16.6. The quantitative estimate of drug-likeness (QED) is 0.866. The number of fused-ring (bicyclic) bond motifs is 1. The second kappa shape index (κ2) is 6.92. The molecule has 1 aliphatic rings. The molecule has 0 saturated carbocycles. The Morgan fingerprint density at radius 3 is 2.71 bits per heavy atom. The molecule has 1 N–H and O–H groups in total. The molecule has 0 unspecified atom stereocenters. The van der Waals surface area contributed by atoms with E-state index in [1.165, 1.54) is 0 Å². The maximum Gasteiger partial charge on any atom is 0.317 e. The van der Waals surface area contributed by atoms with Crippen molar-refractivity contribution in [2.24, 2.45) is 7.05 Å². The van der Waals surface area contributed by atoms with Crippen molar-refractivity contribution >= 4 is 5.97 Å². The molecule has 2 heterocycles. The van der Waals surface area contributed by atoms with E-state index in [0.29, 0.717) is 32.1 Å². The zero-order valence-corrected chi connectivity index (χ0v) is 13.9. The Hall–Kier alpha value is -2.54. The Morgan fingerprint density at radius 2 is 2.04 bits per heavy atom. The van der Waals surface area contributed by atoms with Gasteiger partial charge in [-0.05, 0) is 30.2 Å². The molecule has 1 aliphatic heterocycles. The number of carboxylic acids is 1. The van der Waals surface area contributed by atoms with Crippen LogP contribution in [-0.4, -0.2) is 45.5 Å². The van der Waals surface area contributed by atoms with Crippen molar-refractivity contribution in [2.75, 3.05) is 19.8 Å². The number of aliphatic carboxylic acids is 1. The lowest BCUT2D eigenvalue weighted by molar-refractivity contribution is -0.138. The normalized spacial score (nSPS) is 13.3. The van der Waals surface area contributed by atoms with Gasteiger partial charge in [-0.2, -0.15) is 5.10 Å². The Kier molecular flexibility index (Phi) is 4.71. The number of benzene rings is 1. The van der Waals surface area contributed by atoms with Gasteiger partial charge in [0.05, 0.1) is 12.2 Å². The lowest BCUT2D eigenvalue weighted by Crippen LogP contribution is -2.29. The predicted octanol–water partition coefficient (Wildman–Crippen LogP) is 1.59. The zero-order chi connectivity index (χ0) is 17.1. The highest BCUT2D eigenvalue weighted by Gasteiger charge is 2.17. The van der Waals surface area contributed by atoms with Crippen molar-refractivity contribution in [3.8, 4) is 11.5 Å². The molecule has 0 fully saturated rings. The van der Waals surface area contributed by atoms with Crippen molar-refractivity contribution < 1.29 is 19.4 Å². The van der Waals surface area contributed by atoms with Gasteiger partial charge in [-0.15, -0.1) is 0 Å². The van der Waals surface area contributed by atoms with Gasteiger partial charge in [0.2, 0.25) is 0 Å². The molecular weight excluding hydrogens is 310 g/mol. The van der Waals surface area contributed by atoms with Gasteiger partial charge in [0.1, 0.15) is 13.2 Å². The summed E-state index contributed by atoms with van der Waals surface area (Å²) >= 11 is 0. The van der Waals surface area contributed by atoms with E-state index in [2.05, 4.69) is 5.10 Å². The van der Waals surface area contributed by atoms with Gasteiger partial charge < -0.3 is 14.6 Å². The van der Waals surface area contributed by atoms with Crippen LogP contribution >= 0.6 is 0 Å². The maximum absolute atomic E-state index is 11.2. The fourth-order valence-corrected chi connectivity index (χ4v) is 2.82. The van der Waals surface area contributed by atoms with E-state index in [-0.39, 0.29) is 6.54 Å². The molecule has 0 radical (unpaired) electrons. The summed E-state index contributed by atoms with van der Waals surface area (Å²) in [5.74, 6) is 0.583. The summed E-state index contributed by atoms with van der Waals surface area (Å²) in [6.07, 6.45) is 1.93. The molecule has 0 amide bonds. The fraction of sp³-hybridized carbons (Fsp3) is 0.412. The fourth-order valence-electron chi connectivity index (χ4n) is 2.82. The maximum atomic E-state index is 11.2. The van der Waals surface area contributed by atoms with E-state index in [1.54, 1.807) is 4.68 Å². The number of hydrogen-bond donors (Lipinski definition) is 1. The molecule has 24 heavy (non-hydrogen) atoms. The van der Waals surface area contributed by atoms with Crippen molar-refractivity contribution in [1.29, 1.82) is 0 Å². The van der Waals surface area contributed by atoms with Gasteiger partial charge >= 0.3 is 5.97 Å². The molecular formula is C17H21N3O4. The summed E-state index contributed by atoms with van der Waals surface area (Å²) < 4.78 is 12.9. The zero-order valence-electron chi connectivity index (χ0n) is 13.9. The first kappa shape index (κ1) is 16.3. The van der Waals surface area contributed by atoms with Crippen LogP contribution in [-0.2, 0) is 24.9 Å². The first-order valence-corrected chi connectivity index (χ1v) is 7.83. The lowest BCUT2D eigenvalue weighted by Gasteiger charge is -2.22. The molecule has 0 aliphatic carbocycles. The average Bonchev–Trinajstić information content (AvgIpc) is 2.84. The number of carboxylic acid groups (broad SMARTS) is 1. The highest BCUT2D eigenvalue weighted by molar-refractivity contribution is 5.69. The minimum atomic E-state index is -0.860. The van der Waals surface area contributed by atoms with E-state index in [4.69, 9.17) is 9.47 Å². The van der Waals surface area contributed by atoms with Crippen molar-refractivity contribution in [2.45, 2.75) is 20.0 Å². The van der Waals surface area contributed by atoms with Crippen molar-refractivity contribution in [3.05, 3.63) is 41.2 Å². The molecule has 7 nitrogen and oxygen atoms in total. The average molecular weight is 331 g/mol. The van der Waals surface area contributed by atoms with E-state index in [0.717, 1.165) is 22.6 Å². The van der Waals surface area contributed by atoms with Crippen LogP contribution < -0.4 is 9.47 Å². The van der Waals surface area contributed by atoms with Crippen LogP contribution in [0.5, 0.6) is 11.5 Å². The molecule has 7 heteroatoms. The van der Waals surface area contributed by atoms with Crippen LogP contribution in [0.15, 0.2) is 24.4 Å². The minimum Gasteiger partial charge on any atom is -0.486 e. The van der Waals surface area contributed by atoms with Crippen LogP contribution in [0.3, 0.4) is 0 Å². The number of aromatic nitrogens is 2. The summed E-state index contributed by atoms with van der Waals surface area (Å²) in [6.45, 7) is 3.99. The summed E-state index contributed by atoms with van der Waals surface area (Å²) in [4.78, 5) is 13.1. The minimum absolute atomic E-state index is 0.0511. The van der Waals surface area contributed by atoms with Crippen LogP contribution in [0.2, 0.25) is 0 Å². The van der Waals surface area contributed by atoms with E-state index in [9.17, 15) is 9.90 Å². The third-order valence-electron chi connectivity index (χ3n) is 3.86. The van der Waals surface area contributed by atoms with Crippen LogP contribution in [0.1, 0.15) is 16.8 Å². The monoisotopic (exact) mass is 331 g/mol. The summed E-state index contributed by atoms with van der Waals surface area (Å²) in [5, 5.41) is 13.6. The summed E-state index contributed by atoms with van der Waals surface area (Å²) in [5.41, 5.74) is 2.92. The Labute approximate surface area is 140 Å². The largest absolute Gasteiger partial charge is 0.486 e. The van der Waals surface area contributed by atoms with E-state index in [1.807, 2.05) is 43.3 Å². The Balaban J connectivity index is 1.76. The van der Waals surface area contributed by atoms with Gasteiger partial charge in [-0.3, -0.25) is 14.4 Å². The molecule has 0 spiro atoms. The number of aryl methyl sites for hydroxylation is 2. The number of rotatable bonds is 6. The number of ether oxygens (including phenoxy) is 2. The van der Waals surface area contributed by atoms with Crippen molar-refractivity contribution in [3.63, 3.8) is 0 Å². The molecule has 1 aromatic carbocycles. The topological polar surface area (TPSA) is 76.8 Å². The first-order chi connectivity index (χ1) is 11.5. The van der Waals surface area contributed by atoms with Crippen LogP contribution in [0.4, 0.5) is 0 Å². The number of hydrogen-bond acceptors (Lipinski definition) is 5. The van der Waals surface area contributed by atoms with Gasteiger partial charge in [-0.1, -0.05) is 6.07 Å². The SMILES string of the molecule is Cc1cn(C)nc1CN(CC(=O)O)Cc1ccc2c(c1)OCCO2. The van der Waals surface area contributed by atoms with Gasteiger partial charge in [-0.25, -0.2) is 0 Å². The summed E-state index contributed by atoms with van der Waals surface area (Å²) in [7, 11) is 1.86. The molecule has 128 valence electrons. The Bertz CT molecular complexity index is 741. The molecule has 3 rings (SSSR count). The van der Waals surface area contributed by atoms with E-state index >= 15 is 0 Å². The van der Waals surface area contributed by atoms with Gasteiger partial charge in [0.15, 0.2) is 11.5 Å². The third kappa shape index (κ3) is 3.86. The van der Waals surface area contributed by atoms with Gasteiger partial charge in [0.25, 0.3) is 0 Å². The molecule has 1 aromatic heterocycles. The first-order valence-electron chi connectivity index (χ1n) is 7.83. The second-order valence-corrected chi connectivity index (χ2v) is 5.95. The molecule has 0 atom stereocenters. The smallest absolute Gasteiger partial charge is 0.317 e. The van der Waals surface area contributed by atoms with E-state index < -0.39 is 5.97 Å². The van der Waals surface area contributed by atoms with Gasteiger partial charge in [0, 0.05) is 26.3 Å².